The Morgan fingerprint density at radius 3 is 2.34 bits per heavy atom. The molecule has 3 aliphatic rings. The van der Waals surface area contributed by atoms with E-state index in [1.165, 1.54) is 48.3 Å². The zero-order valence-electron chi connectivity index (χ0n) is 22.6. The van der Waals surface area contributed by atoms with Crippen molar-refractivity contribution in [2.45, 2.75) is 51.5 Å². The fourth-order valence-electron chi connectivity index (χ4n) is 6.47. The Bertz CT molecular complexity index is 1320. The van der Waals surface area contributed by atoms with Gasteiger partial charge in [0.1, 0.15) is 0 Å². The number of benzene rings is 1. The number of amides is 1. The number of hydrogen-bond donors (Lipinski definition) is 0. The van der Waals surface area contributed by atoms with Crippen LogP contribution in [0.15, 0.2) is 48.8 Å². The van der Waals surface area contributed by atoms with E-state index >= 15 is 0 Å². The second-order valence-corrected chi connectivity index (χ2v) is 11.6. The predicted octanol–water partition coefficient (Wildman–Crippen LogP) is 4.79. The van der Waals surface area contributed by atoms with E-state index in [1.807, 2.05) is 15.6 Å². The number of nitrogens with zero attached hydrogens (tertiary/aromatic N) is 6. The van der Waals surface area contributed by atoms with E-state index in [0.29, 0.717) is 12.0 Å². The van der Waals surface area contributed by atoms with E-state index in [0.717, 1.165) is 44.5 Å². The summed E-state index contributed by atoms with van der Waals surface area (Å²) in [7, 11) is 0. The summed E-state index contributed by atoms with van der Waals surface area (Å²) in [6.07, 6.45) is 7.92. The second kappa shape index (κ2) is 10.4. The highest BCUT2D eigenvalue weighted by molar-refractivity contribution is 5.82. The van der Waals surface area contributed by atoms with Crippen molar-refractivity contribution in [1.82, 2.24) is 19.4 Å². The van der Waals surface area contributed by atoms with Gasteiger partial charge in [0.15, 0.2) is 0 Å². The van der Waals surface area contributed by atoms with Gasteiger partial charge in [-0.2, -0.15) is 10.4 Å². The Morgan fingerprint density at radius 1 is 0.974 bits per heavy atom. The summed E-state index contributed by atoms with van der Waals surface area (Å²) in [6, 6.07) is 16.4. The van der Waals surface area contributed by atoms with E-state index in [9.17, 15) is 4.79 Å². The Hall–Kier alpha value is -3.37. The van der Waals surface area contributed by atoms with Crippen molar-refractivity contribution >= 4 is 17.1 Å². The van der Waals surface area contributed by atoms with Gasteiger partial charge in [-0.3, -0.25) is 4.79 Å². The maximum atomic E-state index is 12.8. The number of hydrogen-bond acceptors (Lipinski definition) is 5. The van der Waals surface area contributed by atoms with Crippen LogP contribution in [0.3, 0.4) is 0 Å². The lowest BCUT2D eigenvalue weighted by Crippen LogP contribution is -2.52. The van der Waals surface area contributed by atoms with Gasteiger partial charge in [0, 0.05) is 62.0 Å². The number of aromatic nitrogens is 2. The molecule has 2 saturated heterocycles. The molecule has 3 aromatic rings. The molecule has 0 N–H and O–H groups in total. The molecule has 1 saturated carbocycles. The summed E-state index contributed by atoms with van der Waals surface area (Å²) < 4.78 is 1.98. The molecule has 4 heterocycles. The number of fused-ring (bicyclic) bond motifs is 1. The largest absolute Gasteiger partial charge is 0.366 e. The van der Waals surface area contributed by atoms with E-state index in [-0.39, 0.29) is 17.7 Å². The minimum atomic E-state index is 0.0475. The average Bonchev–Trinajstić information content (AvgIpc) is 3.37. The van der Waals surface area contributed by atoms with Gasteiger partial charge in [0.25, 0.3) is 0 Å². The number of piperazine rings is 1. The third-order valence-electron chi connectivity index (χ3n) is 9.06. The fraction of sp³-hybridized carbons (Fsp3) is 0.516. The first-order chi connectivity index (χ1) is 18.5. The Labute approximate surface area is 225 Å². The van der Waals surface area contributed by atoms with Crippen molar-refractivity contribution in [3.05, 3.63) is 54.4 Å². The van der Waals surface area contributed by atoms with Gasteiger partial charge in [-0.15, -0.1) is 0 Å². The van der Waals surface area contributed by atoms with E-state index in [1.54, 1.807) is 0 Å². The van der Waals surface area contributed by atoms with Crippen molar-refractivity contribution < 1.29 is 4.79 Å². The van der Waals surface area contributed by atoms with Crippen molar-refractivity contribution in [2.24, 2.45) is 11.8 Å². The van der Waals surface area contributed by atoms with Crippen molar-refractivity contribution in [3.63, 3.8) is 0 Å². The number of carbonyl (C=O) groups excluding carboxylic acids is 1. The zero-order valence-corrected chi connectivity index (χ0v) is 22.6. The molecule has 7 heteroatoms. The highest BCUT2D eigenvalue weighted by Gasteiger charge is 2.37. The van der Waals surface area contributed by atoms with Crippen molar-refractivity contribution in [2.75, 3.05) is 44.2 Å². The van der Waals surface area contributed by atoms with Crippen LogP contribution in [0.25, 0.3) is 16.6 Å². The number of carbonyl (C=O) groups is 1. The number of likely N-dealkylation sites (tertiary alicyclic amines) is 1. The van der Waals surface area contributed by atoms with Crippen LogP contribution in [-0.2, 0) is 4.79 Å². The minimum Gasteiger partial charge on any atom is -0.366 e. The third kappa shape index (κ3) is 4.78. The van der Waals surface area contributed by atoms with Crippen LogP contribution in [0.1, 0.15) is 51.0 Å². The van der Waals surface area contributed by atoms with E-state index in [4.69, 9.17) is 5.26 Å². The highest BCUT2D eigenvalue weighted by atomic mass is 16.2. The molecule has 6 rings (SSSR count). The normalized spacial score (nSPS) is 23.0. The maximum Gasteiger partial charge on any atom is 0.225 e. The monoisotopic (exact) mass is 510 g/mol. The van der Waals surface area contributed by atoms with Crippen LogP contribution in [0.4, 0.5) is 5.69 Å². The van der Waals surface area contributed by atoms with Gasteiger partial charge < -0.3 is 14.7 Å². The first-order valence-corrected chi connectivity index (χ1v) is 14.3. The number of nitriles is 1. The van der Waals surface area contributed by atoms with Crippen LogP contribution in [0.5, 0.6) is 0 Å². The topological polar surface area (TPSA) is 67.9 Å². The summed E-state index contributed by atoms with van der Waals surface area (Å²) in [6.45, 7) is 10.0. The van der Waals surface area contributed by atoms with Crippen LogP contribution >= 0.6 is 0 Å². The molecule has 2 aromatic heterocycles. The Balaban J connectivity index is 1.12. The molecule has 38 heavy (non-hydrogen) atoms. The molecule has 0 bridgehead atoms. The average molecular weight is 511 g/mol. The minimum absolute atomic E-state index is 0.0475. The molecule has 7 nitrogen and oxygen atoms in total. The van der Waals surface area contributed by atoms with Crippen LogP contribution in [-0.4, -0.2) is 70.6 Å². The van der Waals surface area contributed by atoms with Gasteiger partial charge in [-0.05, 0) is 81.8 Å². The molecule has 1 aliphatic carbocycles. The quantitative estimate of drug-likeness (QED) is 0.494. The van der Waals surface area contributed by atoms with Crippen molar-refractivity contribution in [1.29, 1.82) is 5.26 Å². The number of anilines is 1. The maximum absolute atomic E-state index is 12.8. The summed E-state index contributed by atoms with van der Waals surface area (Å²) in [5.41, 5.74) is 6.12. The summed E-state index contributed by atoms with van der Waals surface area (Å²) in [5, 5.41) is 13.6. The first-order valence-electron chi connectivity index (χ1n) is 14.3. The molecule has 0 atom stereocenters. The summed E-state index contributed by atoms with van der Waals surface area (Å²) in [4.78, 5) is 19.8. The lowest BCUT2D eigenvalue weighted by atomic mass is 9.75. The molecular formula is C31H38N6O. The van der Waals surface area contributed by atoms with Crippen LogP contribution < -0.4 is 4.90 Å². The lowest BCUT2D eigenvalue weighted by molar-refractivity contribution is -0.139. The molecule has 2 aliphatic heterocycles. The molecule has 198 valence electrons. The van der Waals surface area contributed by atoms with Gasteiger partial charge in [0.05, 0.1) is 17.3 Å². The molecule has 3 fully saturated rings. The number of piperidine rings is 1. The predicted molar refractivity (Wildman–Crippen MR) is 150 cm³/mol. The first kappa shape index (κ1) is 24.9. The molecule has 0 spiro atoms. The smallest absolute Gasteiger partial charge is 0.225 e. The summed E-state index contributed by atoms with van der Waals surface area (Å²) >= 11 is 0. The van der Waals surface area contributed by atoms with E-state index in [2.05, 4.69) is 77.4 Å². The van der Waals surface area contributed by atoms with Crippen LogP contribution in [0.2, 0.25) is 0 Å². The standard InChI is InChI=1S/C31H38N6O/c1-22(2)34-11-8-26(9-12-34)24-3-5-25(6-4-24)28-19-30-29(7-10-33-37(30)21-28)35-13-15-36(16-14-35)31(38)27-17-23(18-27)20-32/h3-7,10,19,21-23,26-27H,8-9,11-18H2,1-2H3. The molecule has 0 unspecified atom stereocenters. The highest BCUT2D eigenvalue weighted by Crippen LogP contribution is 2.35. The van der Waals surface area contributed by atoms with Crippen LogP contribution in [0, 0.1) is 23.2 Å². The van der Waals surface area contributed by atoms with Gasteiger partial charge in [-0.25, -0.2) is 4.52 Å². The molecule has 1 amide bonds. The summed E-state index contributed by atoms with van der Waals surface area (Å²) in [5.74, 6) is 1.00. The van der Waals surface area contributed by atoms with E-state index < -0.39 is 0 Å². The van der Waals surface area contributed by atoms with Gasteiger partial charge in [-0.1, -0.05) is 24.3 Å². The second-order valence-electron chi connectivity index (χ2n) is 11.6. The third-order valence-corrected chi connectivity index (χ3v) is 9.06. The van der Waals surface area contributed by atoms with Gasteiger partial charge in [0.2, 0.25) is 5.91 Å². The van der Waals surface area contributed by atoms with Crippen molar-refractivity contribution in [3.8, 4) is 17.2 Å². The zero-order chi connectivity index (χ0) is 26.2. The molecular weight excluding hydrogens is 472 g/mol. The Morgan fingerprint density at radius 2 is 1.68 bits per heavy atom. The fourth-order valence-corrected chi connectivity index (χ4v) is 6.47. The Kier molecular flexibility index (Phi) is 6.84. The van der Waals surface area contributed by atoms with Gasteiger partial charge >= 0.3 is 0 Å². The molecule has 1 aromatic carbocycles. The number of rotatable bonds is 5. The molecule has 0 radical (unpaired) electrons. The lowest BCUT2D eigenvalue weighted by Gasteiger charge is -2.40. The SMILES string of the molecule is CC(C)N1CCC(c2ccc(-c3cc4c(N5CCN(C(=O)C6CC(C#N)C6)CC5)ccnn4c3)cc2)CC1.